The van der Waals surface area contributed by atoms with E-state index in [9.17, 15) is 9.59 Å². The molecule has 36 heavy (non-hydrogen) atoms. The molecule has 5 rings (SSSR count). The molecule has 1 aromatic heterocycles. The summed E-state index contributed by atoms with van der Waals surface area (Å²) in [6.45, 7) is 8.45. The highest BCUT2D eigenvalue weighted by Gasteiger charge is 2.54. The van der Waals surface area contributed by atoms with Crippen LogP contribution in [0.1, 0.15) is 42.6 Å². The Labute approximate surface area is 213 Å². The standard InChI is InChI=1S/C27H36N6O3/c1-19-14-32(25-28-12-22(13-29-25)24(34)30(3)4)15-20(2)33(19)26(35)36-23-10-27(11-23)17-31(18-27)16-21-8-6-5-7-9-21/h5-9,12-13,19-20,23H,10-11,14-18H2,1-4H3/t19-,20+. The van der Waals surface area contributed by atoms with Crippen molar-refractivity contribution in [1.82, 2.24) is 24.7 Å². The van der Waals surface area contributed by atoms with Gasteiger partial charge in [-0.25, -0.2) is 14.8 Å². The average Bonchev–Trinajstić information content (AvgIpc) is 2.81. The number of rotatable bonds is 5. The monoisotopic (exact) mass is 492 g/mol. The number of carbonyl (C=O) groups is 2. The second-order valence-electron chi connectivity index (χ2n) is 11.0. The largest absolute Gasteiger partial charge is 0.446 e. The van der Waals surface area contributed by atoms with E-state index >= 15 is 0 Å². The molecule has 1 aliphatic carbocycles. The summed E-state index contributed by atoms with van der Waals surface area (Å²) >= 11 is 0. The number of anilines is 1. The van der Waals surface area contributed by atoms with E-state index in [2.05, 4.69) is 44.0 Å². The number of hydrogen-bond acceptors (Lipinski definition) is 7. The quantitative estimate of drug-likeness (QED) is 0.635. The minimum Gasteiger partial charge on any atom is -0.446 e. The lowest BCUT2D eigenvalue weighted by atomic mass is 9.61. The van der Waals surface area contributed by atoms with E-state index < -0.39 is 0 Å². The van der Waals surface area contributed by atoms with E-state index in [1.807, 2.05) is 24.8 Å². The van der Waals surface area contributed by atoms with Crippen LogP contribution in [-0.4, -0.2) is 95.1 Å². The van der Waals surface area contributed by atoms with Crippen LogP contribution in [0, 0.1) is 5.41 Å². The Balaban J connectivity index is 1.09. The van der Waals surface area contributed by atoms with Crippen molar-refractivity contribution in [3.8, 4) is 0 Å². The molecular formula is C27H36N6O3. The number of benzene rings is 1. The number of aromatic nitrogens is 2. The van der Waals surface area contributed by atoms with E-state index in [1.165, 1.54) is 10.5 Å². The Morgan fingerprint density at radius 3 is 2.22 bits per heavy atom. The second-order valence-corrected chi connectivity index (χ2v) is 11.0. The molecule has 1 spiro atoms. The molecule has 0 unspecified atom stereocenters. The first-order valence-corrected chi connectivity index (χ1v) is 12.8. The Morgan fingerprint density at radius 2 is 1.64 bits per heavy atom. The van der Waals surface area contributed by atoms with Crippen LogP contribution in [0.2, 0.25) is 0 Å². The molecule has 3 aliphatic rings. The van der Waals surface area contributed by atoms with E-state index in [1.54, 1.807) is 26.5 Å². The molecule has 192 valence electrons. The summed E-state index contributed by atoms with van der Waals surface area (Å²) < 4.78 is 5.93. The summed E-state index contributed by atoms with van der Waals surface area (Å²) in [6.07, 6.45) is 4.84. The number of likely N-dealkylation sites (tertiary alicyclic amines) is 1. The molecule has 0 N–H and O–H groups in total. The van der Waals surface area contributed by atoms with Crippen molar-refractivity contribution in [3.63, 3.8) is 0 Å². The minimum absolute atomic E-state index is 0.0129. The Bertz CT molecular complexity index is 1070. The maximum absolute atomic E-state index is 13.1. The zero-order valence-electron chi connectivity index (χ0n) is 21.6. The SMILES string of the molecule is C[C@@H]1CN(c2ncc(C(=O)N(C)C)cn2)C[C@H](C)N1C(=O)OC1CC2(C1)CN(Cc1ccccc1)C2. The lowest BCUT2D eigenvalue weighted by molar-refractivity contribution is -0.137. The van der Waals surface area contributed by atoms with E-state index in [0.717, 1.165) is 32.5 Å². The molecule has 2 amide bonds. The Morgan fingerprint density at radius 1 is 1.03 bits per heavy atom. The summed E-state index contributed by atoms with van der Waals surface area (Å²) in [7, 11) is 3.41. The van der Waals surface area contributed by atoms with Crippen molar-refractivity contribution < 1.29 is 14.3 Å². The van der Waals surface area contributed by atoms with Gasteiger partial charge in [-0.3, -0.25) is 14.6 Å². The predicted molar refractivity (Wildman–Crippen MR) is 137 cm³/mol. The van der Waals surface area contributed by atoms with Crippen LogP contribution >= 0.6 is 0 Å². The lowest BCUT2D eigenvalue weighted by Gasteiger charge is -2.58. The molecule has 2 saturated heterocycles. The first kappa shape index (κ1) is 24.5. The highest BCUT2D eigenvalue weighted by atomic mass is 16.6. The summed E-state index contributed by atoms with van der Waals surface area (Å²) in [6, 6.07) is 10.5. The number of amides is 2. The lowest BCUT2D eigenvalue weighted by Crippen LogP contribution is -2.65. The van der Waals surface area contributed by atoms with Gasteiger partial charge in [0.1, 0.15) is 6.10 Å². The molecule has 3 heterocycles. The van der Waals surface area contributed by atoms with Crippen LogP contribution in [0.4, 0.5) is 10.7 Å². The minimum atomic E-state index is -0.220. The van der Waals surface area contributed by atoms with Crippen LogP contribution in [0.5, 0.6) is 0 Å². The number of nitrogens with zero attached hydrogens (tertiary/aromatic N) is 6. The summed E-state index contributed by atoms with van der Waals surface area (Å²) in [5.41, 5.74) is 2.13. The Hall–Kier alpha value is -3.20. The zero-order chi connectivity index (χ0) is 25.4. The van der Waals surface area contributed by atoms with Crippen molar-refractivity contribution in [2.45, 2.75) is 51.4 Å². The molecule has 1 saturated carbocycles. The van der Waals surface area contributed by atoms with Gasteiger partial charge in [0.05, 0.1) is 17.6 Å². The normalized spacial score (nSPS) is 23.7. The molecule has 3 fully saturated rings. The van der Waals surface area contributed by atoms with Gasteiger partial charge >= 0.3 is 6.09 Å². The van der Waals surface area contributed by atoms with E-state index in [0.29, 0.717) is 30.0 Å². The number of hydrogen-bond donors (Lipinski definition) is 0. The molecular weight excluding hydrogens is 456 g/mol. The molecule has 0 bridgehead atoms. The fraction of sp³-hybridized carbons (Fsp3) is 0.556. The zero-order valence-corrected chi connectivity index (χ0v) is 21.6. The first-order valence-electron chi connectivity index (χ1n) is 12.8. The maximum Gasteiger partial charge on any atom is 0.410 e. The number of carbonyl (C=O) groups excluding carboxylic acids is 2. The summed E-state index contributed by atoms with van der Waals surface area (Å²) in [4.78, 5) is 41.9. The van der Waals surface area contributed by atoms with E-state index in [4.69, 9.17) is 4.74 Å². The predicted octanol–water partition coefficient (Wildman–Crippen LogP) is 2.88. The third kappa shape index (κ3) is 4.89. The van der Waals surface area contributed by atoms with Crippen LogP contribution in [0.25, 0.3) is 0 Å². The molecule has 2 aliphatic heterocycles. The van der Waals surface area contributed by atoms with Gasteiger partial charge in [0.25, 0.3) is 5.91 Å². The number of ether oxygens (including phenoxy) is 1. The van der Waals surface area contributed by atoms with Crippen LogP contribution in [-0.2, 0) is 11.3 Å². The van der Waals surface area contributed by atoms with Gasteiger partial charge < -0.3 is 14.5 Å². The fourth-order valence-electron chi connectivity index (χ4n) is 6.01. The molecule has 9 heteroatoms. The van der Waals surface area contributed by atoms with Crippen molar-refractivity contribution in [1.29, 1.82) is 0 Å². The van der Waals surface area contributed by atoms with Crippen molar-refractivity contribution in [2.75, 3.05) is 45.2 Å². The van der Waals surface area contributed by atoms with Gasteiger partial charge in [-0.2, -0.15) is 0 Å². The third-order valence-electron chi connectivity index (χ3n) is 7.66. The van der Waals surface area contributed by atoms with Gasteiger partial charge in [-0.1, -0.05) is 30.3 Å². The van der Waals surface area contributed by atoms with Gasteiger partial charge in [-0.05, 0) is 32.3 Å². The second kappa shape index (κ2) is 9.69. The van der Waals surface area contributed by atoms with Crippen molar-refractivity contribution in [2.24, 2.45) is 5.41 Å². The molecule has 0 radical (unpaired) electrons. The smallest absolute Gasteiger partial charge is 0.410 e. The van der Waals surface area contributed by atoms with Crippen LogP contribution < -0.4 is 4.90 Å². The van der Waals surface area contributed by atoms with Crippen molar-refractivity contribution in [3.05, 3.63) is 53.9 Å². The molecule has 2 aromatic rings. The van der Waals surface area contributed by atoms with Gasteiger partial charge in [0.2, 0.25) is 5.95 Å². The van der Waals surface area contributed by atoms with Gasteiger partial charge in [-0.15, -0.1) is 0 Å². The summed E-state index contributed by atoms with van der Waals surface area (Å²) in [5.74, 6) is 0.447. The average molecular weight is 493 g/mol. The van der Waals surface area contributed by atoms with Crippen LogP contribution in [0.15, 0.2) is 42.7 Å². The number of piperazine rings is 1. The van der Waals surface area contributed by atoms with Crippen LogP contribution in [0.3, 0.4) is 0 Å². The molecule has 2 atom stereocenters. The highest BCUT2D eigenvalue weighted by Crippen LogP contribution is 2.50. The molecule has 1 aromatic carbocycles. The van der Waals surface area contributed by atoms with Crippen molar-refractivity contribution >= 4 is 17.9 Å². The molecule has 9 nitrogen and oxygen atoms in total. The Kier molecular flexibility index (Phi) is 6.59. The summed E-state index contributed by atoms with van der Waals surface area (Å²) in [5, 5.41) is 0. The highest BCUT2D eigenvalue weighted by molar-refractivity contribution is 5.93. The van der Waals surface area contributed by atoms with Gasteiger partial charge in [0, 0.05) is 64.6 Å². The topological polar surface area (TPSA) is 82.1 Å². The maximum atomic E-state index is 13.1. The van der Waals surface area contributed by atoms with Gasteiger partial charge in [0.15, 0.2) is 0 Å². The van der Waals surface area contributed by atoms with E-state index in [-0.39, 0.29) is 30.2 Å². The fourth-order valence-corrected chi connectivity index (χ4v) is 6.01. The first-order chi connectivity index (χ1) is 17.2. The third-order valence-corrected chi connectivity index (χ3v) is 7.66.